The van der Waals surface area contributed by atoms with Gasteiger partial charge in [0.2, 0.25) is 11.8 Å². The molecule has 0 aromatic heterocycles. The molecule has 2 saturated heterocycles. The Morgan fingerprint density at radius 2 is 1.52 bits per heavy atom. The Hall–Kier alpha value is -5.94. The van der Waals surface area contributed by atoms with Gasteiger partial charge < -0.3 is 24.4 Å². The number of hydrogen-bond donors (Lipinski definition) is 2. The molecule has 2 saturated carbocycles. The van der Waals surface area contributed by atoms with Crippen molar-refractivity contribution in [3.8, 4) is 23.3 Å². The number of amides is 5. The SMILES string of the molecule is CCN(C1CCN(c2ccc(C(=O)NC3C(C)(C)C(Oc4cc(C)c(C#N)c(C)c4)C3(C)C)cc2)CC1)C1CC(Oc2cc(OC)c3c(c2)C(=O)N([C@@H]2CCC(=O)NC2=O)C3=O)C1. The second-order valence-electron chi connectivity index (χ2n) is 19.0. The Labute approximate surface area is 369 Å². The number of carbonyl (C=O) groups is 5. The number of hydrogen-bond acceptors (Lipinski definition) is 11. The normalized spacial score (nSPS) is 25.1. The maximum absolute atomic E-state index is 13.6. The average Bonchev–Trinajstić information content (AvgIpc) is 3.48. The Bertz CT molecular complexity index is 2350. The number of nitrogens with one attached hydrogen (secondary N) is 2. The number of imide groups is 2. The second-order valence-corrected chi connectivity index (χ2v) is 19.0. The fraction of sp³-hybridized carbons (Fsp3) is 0.510. The maximum Gasteiger partial charge on any atom is 0.266 e. The number of aryl methyl sites for hydroxylation is 2. The zero-order valence-corrected chi connectivity index (χ0v) is 37.5. The number of benzene rings is 3. The third-order valence-electron chi connectivity index (χ3n) is 14.3. The van der Waals surface area contributed by atoms with Gasteiger partial charge in [-0.1, -0.05) is 34.6 Å². The molecule has 3 aliphatic heterocycles. The predicted molar refractivity (Wildman–Crippen MR) is 235 cm³/mol. The van der Waals surface area contributed by atoms with Crippen LogP contribution in [-0.4, -0.2) is 102 Å². The van der Waals surface area contributed by atoms with Crippen LogP contribution in [0.15, 0.2) is 48.5 Å². The highest BCUT2D eigenvalue weighted by molar-refractivity contribution is 6.24. The second kappa shape index (κ2) is 16.6. The van der Waals surface area contributed by atoms with Crippen molar-refractivity contribution in [3.05, 3.63) is 81.9 Å². The van der Waals surface area contributed by atoms with Crippen molar-refractivity contribution in [2.45, 2.75) is 123 Å². The van der Waals surface area contributed by atoms with E-state index < -0.39 is 29.7 Å². The van der Waals surface area contributed by atoms with Gasteiger partial charge in [-0.3, -0.25) is 39.1 Å². The lowest BCUT2D eigenvalue weighted by atomic mass is 9.49. The van der Waals surface area contributed by atoms with Crippen molar-refractivity contribution >= 4 is 35.2 Å². The van der Waals surface area contributed by atoms with E-state index >= 15 is 0 Å². The number of methoxy groups -OCH3 is 1. The number of carbonyl (C=O) groups excluding carboxylic acids is 5. The fourth-order valence-corrected chi connectivity index (χ4v) is 11.3. The van der Waals surface area contributed by atoms with Gasteiger partial charge in [-0.2, -0.15) is 5.26 Å². The summed E-state index contributed by atoms with van der Waals surface area (Å²) in [7, 11) is 1.43. The monoisotopic (exact) mass is 858 g/mol. The molecule has 0 radical (unpaired) electrons. The average molecular weight is 859 g/mol. The highest BCUT2D eigenvalue weighted by atomic mass is 16.5. The van der Waals surface area contributed by atoms with Crippen molar-refractivity contribution in [2.24, 2.45) is 10.8 Å². The molecule has 14 nitrogen and oxygen atoms in total. The van der Waals surface area contributed by atoms with Gasteiger partial charge in [-0.15, -0.1) is 0 Å². The Balaban J connectivity index is 0.822. The highest BCUT2D eigenvalue weighted by Gasteiger charge is 2.64. The molecule has 0 unspecified atom stereocenters. The number of nitriles is 1. The number of nitrogens with zero attached hydrogens (tertiary/aromatic N) is 4. The summed E-state index contributed by atoms with van der Waals surface area (Å²) in [5, 5.41) is 15.0. The van der Waals surface area contributed by atoms with Gasteiger partial charge in [-0.05, 0) is 93.2 Å². The van der Waals surface area contributed by atoms with Crippen LogP contribution in [0.3, 0.4) is 0 Å². The van der Waals surface area contributed by atoms with Crippen LogP contribution in [-0.2, 0) is 9.59 Å². The van der Waals surface area contributed by atoms with E-state index in [-0.39, 0.29) is 64.7 Å². The molecule has 332 valence electrons. The zero-order valence-electron chi connectivity index (χ0n) is 37.5. The van der Waals surface area contributed by atoms with Gasteiger partial charge in [0.1, 0.15) is 35.5 Å². The number of piperidine rings is 2. The maximum atomic E-state index is 13.6. The van der Waals surface area contributed by atoms with Crippen molar-refractivity contribution < 1.29 is 38.2 Å². The molecule has 3 aromatic carbocycles. The summed E-state index contributed by atoms with van der Waals surface area (Å²) in [5.74, 6) is -1.04. The Morgan fingerprint density at radius 3 is 2.11 bits per heavy atom. The lowest BCUT2D eigenvalue weighted by molar-refractivity contribution is -0.164. The molecule has 3 aromatic rings. The van der Waals surface area contributed by atoms with Crippen molar-refractivity contribution in [2.75, 3.05) is 31.6 Å². The first-order valence-electron chi connectivity index (χ1n) is 22.2. The first-order valence-corrected chi connectivity index (χ1v) is 22.2. The van der Waals surface area contributed by atoms with E-state index in [9.17, 15) is 29.2 Å². The van der Waals surface area contributed by atoms with E-state index in [4.69, 9.17) is 14.2 Å². The van der Waals surface area contributed by atoms with Gasteiger partial charge in [0, 0.05) is 78.6 Å². The van der Waals surface area contributed by atoms with E-state index in [0.717, 1.165) is 72.8 Å². The summed E-state index contributed by atoms with van der Waals surface area (Å²) in [6.45, 7) is 17.3. The molecule has 0 bridgehead atoms. The van der Waals surface area contributed by atoms with Gasteiger partial charge in [0.15, 0.2) is 0 Å². The fourth-order valence-electron chi connectivity index (χ4n) is 11.3. The van der Waals surface area contributed by atoms with Crippen LogP contribution in [0.1, 0.15) is 121 Å². The molecular formula is C49H58N6O8. The van der Waals surface area contributed by atoms with Crippen molar-refractivity contribution in [1.82, 2.24) is 20.4 Å². The molecular weight excluding hydrogens is 801 g/mol. The predicted octanol–water partition coefficient (Wildman–Crippen LogP) is 6.10. The standard InChI is InChI=1S/C49H58N6O8/c1-9-54(32-22-34(23-32)62-35-24-36-41(39(25-35)61-8)45(60)55(44(36)59)38-14-15-40(56)51-43(38)58)31-16-18-53(19-17-31)30-12-10-29(11-13-30)42(57)52-46-48(4,5)47(49(46,6)7)63-33-20-27(2)37(26-50)28(3)21-33/h10-13,20-21,24-25,31-32,34,38,46-47H,9,14-19,22-23H2,1-8H3,(H,52,57)(H,51,56,58)/t32?,34?,38-,46?,47?/m1/s1. The number of ether oxygens (including phenoxy) is 3. The highest BCUT2D eigenvalue weighted by Crippen LogP contribution is 2.55. The Morgan fingerprint density at radius 1 is 0.889 bits per heavy atom. The first-order chi connectivity index (χ1) is 30.0. The third kappa shape index (κ3) is 7.79. The molecule has 3 heterocycles. The molecule has 14 heteroatoms. The minimum atomic E-state index is -1.06. The molecule has 8 rings (SSSR count). The van der Waals surface area contributed by atoms with Crippen LogP contribution in [0.2, 0.25) is 0 Å². The van der Waals surface area contributed by atoms with Crippen LogP contribution in [0, 0.1) is 36.0 Å². The van der Waals surface area contributed by atoms with Gasteiger partial charge >= 0.3 is 0 Å². The van der Waals surface area contributed by atoms with Gasteiger partial charge in [0.05, 0.1) is 29.9 Å². The minimum Gasteiger partial charge on any atom is -0.496 e. The third-order valence-corrected chi connectivity index (χ3v) is 14.3. The summed E-state index contributed by atoms with van der Waals surface area (Å²) in [5.41, 5.74) is 3.74. The van der Waals surface area contributed by atoms with Crippen LogP contribution in [0.25, 0.3) is 0 Å². The van der Waals surface area contributed by atoms with E-state index in [1.165, 1.54) is 7.11 Å². The number of anilines is 1. The summed E-state index contributed by atoms with van der Waals surface area (Å²) < 4.78 is 18.4. The van der Waals surface area contributed by atoms with Crippen molar-refractivity contribution in [1.29, 1.82) is 5.26 Å². The Kier molecular flexibility index (Phi) is 11.5. The molecule has 2 N–H and O–H groups in total. The number of rotatable bonds is 12. The zero-order chi connectivity index (χ0) is 45.1. The topological polar surface area (TPSA) is 171 Å². The molecule has 0 spiro atoms. The van der Waals surface area contributed by atoms with Crippen LogP contribution < -0.4 is 29.7 Å². The van der Waals surface area contributed by atoms with Crippen molar-refractivity contribution in [3.63, 3.8) is 0 Å². The largest absolute Gasteiger partial charge is 0.496 e. The summed E-state index contributed by atoms with van der Waals surface area (Å²) in [6.07, 6.45) is 3.58. The molecule has 5 aliphatic rings. The van der Waals surface area contributed by atoms with E-state index in [2.05, 4.69) is 61.1 Å². The van der Waals surface area contributed by atoms with Crippen LogP contribution in [0.4, 0.5) is 5.69 Å². The number of fused-ring (bicyclic) bond motifs is 1. The quantitative estimate of drug-likeness (QED) is 0.202. The van der Waals surface area contributed by atoms with E-state index in [0.29, 0.717) is 29.0 Å². The van der Waals surface area contributed by atoms with Gasteiger partial charge in [-0.25, -0.2) is 0 Å². The smallest absolute Gasteiger partial charge is 0.266 e. The molecule has 63 heavy (non-hydrogen) atoms. The molecule has 5 amide bonds. The van der Waals surface area contributed by atoms with Crippen LogP contribution in [0.5, 0.6) is 17.2 Å². The summed E-state index contributed by atoms with van der Waals surface area (Å²) in [4.78, 5) is 70.7. The first kappa shape index (κ1) is 43.7. The lowest BCUT2D eigenvalue weighted by Gasteiger charge is -2.63. The summed E-state index contributed by atoms with van der Waals surface area (Å²) in [6, 6.07) is 16.8. The van der Waals surface area contributed by atoms with Crippen LogP contribution >= 0.6 is 0 Å². The minimum absolute atomic E-state index is 0.0442. The molecule has 2 aliphatic carbocycles. The van der Waals surface area contributed by atoms with E-state index in [1.807, 2.05) is 50.2 Å². The van der Waals surface area contributed by atoms with E-state index in [1.54, 1.807) is 12.1 Å². The van der Waals surface area contributed by atoms with Gasteiger partial charge in [0.25, 0.3) is 17.7 Å². The lowest BCUT2D eigenvalue weighted by Crippen LogP contribution is -2.74. The molecule has 4 fully saturated rings. The summed E-state index contributed by atoms with van der Waals surface area (Å²) >= 11 is 0. The molecule has 1 atom stereocenters.